The van der Waals surface area contributed by atoms with Crippen molar-refractivity contribution in [2.45, 2.75) is 89.1 Å². The average molecular weight is 596 g/mol. The fourth-order valence-electron chi connectivity index (χ4n) is 7.31. The number of amides is 1. The molecular formula is C34H41N7O3. The lowest BCUT2D eigenvalue weighted by Gasteiger charge is -2.45. The number of rotatable bonds is 5. The Bertz CT molecular complexity index is 1610. The van der Waals surface area contributed by atoms with Crippen LogP contribution in [-0.4, -0.2) is 72.5 Å². The summed E-state index contributed by atoms with van der Waals surface area (Å²) in [7, 11) is 0. The van der Waals surface area contributed by atoms with Crippen molar-refractivity contribution in [3.8, 4) is 22.8 Å². The van der Waals surface area contributed by atoms with E-state index in [1.165, 1.54) is 6.33 Å². The Kier molecular flexibility index (Phi) is 7.40. The normalized spacial score (nSPS) is 22.8. The van der Waals surface area contributed by atoms with Gasteiger partial charge in [-0.1, -0.05) is 18.2 Å². The van der Waals surface area contributed by atoms with E-state index in [9.17, 15) is 4.79 Å². The molecule has 44 heavy (non-hydrogen) atoms. The van der Waals surface area contributed by atoms with Crippen LogP contribution in [-0.2, 0) is 4.74 Å². The zero-order chi connectivity index (χ0) is 30.4. The molecule has 10 nitrogen and oxygen atoms in total. The third-order valence-electron chi connectivity index (χ3n) is 9.30. The minimum absolute atomic E-state index is 0.150. The molecule has 2 atom stereocenters. The van der Waals surface area contributed by atoms with Crippen molar-refractivity contribution >= 4 is 22.9 Å². The number of para-hydroxylation sites is 1. The monoisotopic (exact) mass is 595 g/mol. The molecule has 7 rings (SSSR count). The molecule has 2 aromatic carbocycles. The predicted octanol–water partition coefficient (Wildman–Crippen LogP) is 6.44. The van der Waals surface area contributed by atoms with Gasteiger partial charge in [0.25, 0.3) is 0 Å². The smallest absolute Gasteiger partial charge is 0.410 e. The van der Waals surface area contributed by atoms with E-state index >= 15 is 0 Å². The van der Waals surface area contributed by atoms with Gasteiger partial charge in [-0.15, -0.1) is 0 Å². The zero-order valence-corrected chi connectivity index (χ0v) is 25.7. The number of aromatic nitrogens is 4. The summed E-state index contributed by atoms with van der Waals surface area (Å²) >= 11 is 0. The van der Waals surface area contributed by atoms with Crippen molar-refractivity contribution in [1.82, 2.24) is 29.5 Å². The highest BCUT2D eigenvalue weighted by atomic mass is 16.6. The molecule has 2 N–H and O–H groups in total. The van der Waals surface area contributed by atoms with Crippen LogP contribution in [0.5, 0.6) is 11.5 Å². The van der Waals surface area contributed by atoms with Crippen LogP contribution in [0, 0.1) is 0 Å². The fourth-order valence-corrected chi connectivity index (χ4v) is 7.31. The maximum absolute atomic E-state index is 12.9. The summed E-state index contributed by atoms with van der Waals surface area (Å²) < 4.78 is 13.8. The Morgan fingerprint density at radius 1 is 0.841 bits per heavy atom. The van der Waals surface area contributed by atoms with Gasteiger partial charge in [0.05, 0.1) is 11.4 Å². The molecule has 4 aromatic rings. The molecule has 2 aromatic heterocycles. The molecule has 2 bridgehead atoms. The number of piperidine rings is 2. The van der Waals surface area contributed by atoms with Crippen LogP contribution in [0.25, 0.3) is 22.3 Å². The van der Waals surface area contributed by atoms with Gasteiger partial charge in [0, 0.05) is 36.8 Å². The second-order valence-electron chi connectivity index (χ2n) is 13.4. The van der Waals surface area contributed by atoms with E-state index in [4.69, 9.17) is 20.3 Å². The number of benzene rings is 2. The van der Waals surface area contributed by atoms with Gasteiger partial charge < -0.3 is 25.0 Å². The standard InChI is InChI=1S/C34H41N7O3/c1-34(2,3)44-33(42)40-24-11-12-25(40)20-26(19-24)39-17-15-23(16-18-39)41-32-29(31(35)36-21-37-32)30(38-41)22-9-13-28(14-10-22)43-27-7-5-4-6-8-27/h4-10,13-14,21,23-26H,11-12,15-20H2,1-3H3,(H2,35,36,37). The van der Waals surface area contributed by atoms with E-state index < -0.39 is 5.60 Å². The number of hydrogen-bond acceptors (Lipinski definition) is 8. The molecule has 3 saturated heterocycles. The Morgan fingerprint density at radius 3 is 2.16 bits per heavy atom. The molecule has 0 radical (unpaired) electrons. The highest BCUT2D eigenvalue weighted by Crippen LogP contribution is 2.41. The number of ether oxygens (including phenoxy) is 2. The van der Waals surface area contributed by atoms with Crippen molar-refractivity contribution in [3.63, 3.8) is 0 Å². The first-order chi connectivity index (χ1) is 21.2. The molecule has 230 valence electrons. The second kappa shape index (κ2) is 11.4. The SMILES string of the molecule is CC(C)(C)OC(=O)N1C2CCC1CC(N1CCC(n3nc(-c4ccc(Oc5ccccc5)cc4)c4c(N)ncnc43)CC1)C2. The summed E-state index contributed by atoms with van der Waals surface area (Å²) in [5.41, 5.74) is 8.45. The lowest BCUT2D eigenvalue weighted by atomic mass is 9.93. The highest BCUT2D eigenvalue weighted by molar-refractivity contribution is 5.98. The quantitative estimate of drug-likeness (QED) is 0.281. The number of nitrogen functional groups attached to an aromatic ring is 1. The van der Waals surface area contributed by atoms with Crippen molar-refractivity contribution in [1.29, 1.82) is 0 Å². The van der Waals surface area contributed by atoms with Gasteiger partial charge in [-0.05, 0) is 95.7 Å². The predicted molar refractivity (Wildman–Crippen MR) is 169 cm³/mol. The van der Waals surface area contributed by atoms with E-state index in [1.54, 1.807) is 0 Å². The minimum Gasteiger partial charge on any atom is -0.457 e. The van der Waals surface area contributed by atoms with Crippen LogP contribution in [0.1, 0.15) is 65.3 Å². The van der Waals surface area contributed by atoms with Crippen LogP contribution in [0.3, 0.4) is 0 Å². The molecule has 0 spiro atoms. The number of nitrogens with zero attached hydrogens (tertiary/aromatic N) is 6. The Morgan fingerprint density at radius 2 is 1.50 bits per heavy atom. The van der Waals surface area contributed by atoms with Crippen molar-refractivity contribution in [2.75, 3.05) is 18.8 Å². The first kappa shape index (κ1) is 28.6. The number of likely N-dealkylation sites (tertiary alicyclic amines) is 1. The van der Waals surface area contributed by atoms with E-state index in [0.29, 0.717) is 11.9 Å². The summed E-state index contributed by atoms with van der Waals surface area (Å²) in [4.78, 5) is 26.6. The summed E-state index contributed by atoms with van der Waals surface area (Å²) in [5.74, 6) is 1.98. The van der Waals surface area contributed by atoms with Crippen LogP contribution in [0.2, 0.25) is 0 Å². The maximum atomic E-state index is 12.9. The molecule has 0 saturated carbocycles. The first-order valence-corrected chi connectivity index (χ1v) is 15.8. The summed E-state index contributed by atoms with van der Waals surface area (Å²) in [6, 6.07) is 18.9. The highest BCUT2D eigenvalue weighted by Gasteiger charge is 2.46. The topological polar surface area (TPSA) is 112 Å². The average Bonchev–Trinajstić information content (AvgIpc) is 3.53. The van der Waals surface area contributed by atoms with Gasteiger partial charge in [0.15, 0.2) is 5.65 Å². The van der Waals surface area contributed by atoms with Gasteiger partial charge in [0.1, 0.15) is 34.9 Å². The number of hydrogen-bond donors (Lipinski definition) is 1. The van der Waals surface area contributed by atoms with Gasteiger partial charge in [-0.2, -0.15) is 5.10 Å². The summed E-state index contributed by atoms with van der Waals surface area (Å²) in [6.07, 6.45) is 7.50. The van der Waals surface area contributed by atoms with Crippen molar-refractivity contribution < 1.29 is 14.3 Å². The Labute approximate surface area is 258 Å². The van der Waals surface area contributed by atoms with E-state index in [1.807, 2.05) is 80.3 Å². The van der Waals surface area contributed by atoms with Gasteiger partial charge in [0.2, 0.25) is 0 Å². The second-order valence-corrected chi connectivity index (χ2v) is 13.4. The van der Waals surface area contributed by atoms with Crippen LogP contribution < -0.4 is 10.5 Å². The number of fused-ring (bicyclic) bond motifs is 3. The van der Waals surface area contributed by atoms with Gasteiger partial charge in [-0.3, -0.25) is 0 Å². The molecule has 0 aliphatic carbocycles. The molecular weight excluding hydrogens is 554 g/mol. The molecule has 3 fully saturated rings. The van der Waals surface area contributed by atoms with E-state index in [-0.39, 0.29) is 24.2 Å². The largest absolute Gasteiger partial charge is 0.457 e. The minimum atomic E-state index is -0.471. The summed E-state index contributed by atoms with van der Waals surface area (Å²) in [5, 5.41) is 5.89. The third-order valence-corrected chi connectivity index (χ3v) is 9.30. The van der Waals surface area contributed by atoms with Gasteiger partial charge >= 0.3 is 6.09 Å². The Balaban J connectivity index is 1.05. The van der Waals surface area contributed by atoms with Crippen LogP contribution in [0.4, 0.5) is 10.6 Å². The van der Waals surface area contributed by atoms with E-state index in [0.717, 1.165) is 85.4 Å². The first-order valence-electron chi connectivity index (χ1n) is 15.8. The zero-order valence-electron chi connectivity index (χ0n) is 25.7. The van der Waals surface area contributed by atoms with Crippen LogP contribution in [0.15, 0.2) is 60.9 Å². The number of anilines is 1. The molecule has 3 aliphatic heterocycles. The molecule has 5 heterocycles. The maximum Gasteiger partial charge on any atom is 0.410 e. The molecule has 2 unspecified atom stereocenters. The number of nitrogens with two attached hydrogens (primary N) is 1. The number of carbonyl (C=O) groups is 1. The van der Waals surface area contributed by atoms with Crippen LogP contribution >= 0.6 is 0 Å². The van der Waals surface area contributed by atoms with Crippen molar-refractivity contribution in [2.24, 2.45) is 0 Å². The lowest BCUT2D eigenvalue weighted by molar-refractivity contribution is -0.00738. The fraction of sp³-hybridized carbons (Fsp3) is 0.471. The number of carbonyl (C=O) groups excluding carboxylic acids is 1. The van der Waals surface area contributed by atoms with E-state index in [2.05, 4.69) is 19.5 Å². The molecule has 10 heteroatoms. The molecule has 1 amide bonds. The summed E-state index contributed by atoms with van der Waals surface area (Å²) in [6.45, 7) is 7.79. The van der Waals surface area contributed by atoms with Crippen molar-refractivity contribution in [3.05, 3.63) is 60.9 Å². The molecule has 3 aliphatic rings. The van der Waals surface area contributed by atoms with Gasteiger partial charge in [-0.25, -0.2) is 19.4 Å². The Hall–Kier alpha value is -4.18. The lowest BCUT2D eigenvalue weighted by Crippen LogP contribution is -2.54. The third kappa shape index (κ3) is 5.58.